The number of aliphatic hydroxyl groups is 10. The number of aldehydes is 1. The highest BCUT2D eigenvalue weighted by Gasteiger charge is 2.76. The van der Waals surface area contributed by atoms with Crippen LogP contribution in [0.5, 0.6) is 0 Å². The highest BCUT2D eigenvalue weighted by Crippen LogP contribution is 2.76. The zero-order valence-corrected chi connectivity index (χ0v) is 54.7. The summed E-state index contributed by atoms with van der Waals surface area (Å²) in [5.74, 6) is -0.245. The Labute approximate surface area is 539 Å². The van der Waals surface area contributed by atoms with Gasteiger partial charge in [0, 0.05) is 24.4 Å². The molecule has 10 rings (SSSR count). The quantitative estimate of drug-likeness (QED) is 0.0241. The summed E-state index contributed by atoms with van der Waals surface area (Å²) >= 11 is 0. The molecule has 1 spiro atoms. The first-order valence-electron chi connectivity index (χ1n) is 31.9. The number of carbonyl (C=O) groups excluding carboxylic acids is 2. The molecule has 1 unspecified atom stereocenters. The molecule has 32 nitrogen and oxygen atoms in total. The van der Waals surface area contributed by atoms with Crippen molar-refractivity contribution in [3.63, 3.8) is 0 Å². The lowest BCUT2D eigenvalue weighted by molar-refractivity contribution is -0.405. The molecule has 0 aromatic rings. The molecule has 6 heterocycles. The fourth-order valence-corrected chi connectivity index (χ4v) is 18.5. The van der Waals surface area contributed by atoms with Crippen molar-refractivity contribution in [3.05, 3.63) is 11.6 Å². The smallest absolute Gasteiger partial charge is 0.397 e. The number of cyclic esters (lactones) is 1. The first kappa shape index (κ1) is 73.5. The topological polar surface area (TPSA) is 474 Å². The summed E-state index contributed by atoms with van der Waals surface area (Å²) < 4.78 is 149. The van der Waals surface area contributed by atoms with Crippen molar-refractivity contribution in [3.8, 4) is 0 Å². The molecule has 0 amide bonds. The Bertz CT molecular complexity index is 2890. The minimum atomic E-state index is -5.32. The highest BCUT2D eigenvalue weighted by atomic mass is 32.3. The Balaban J connectivity index is 0.923. The van der Waals surface area contributed by atoms with Gasteiger partial charge >= 0.3 is 26.8 Å². The van der Waals surface area contributed by atoms with Crippen LogP contribution in [0.25, 0.3) is 0 Å². The van der Waals surface area contributed by atoms with Crippen molar-refractivity contribution < 1.29 is 152 Å². The maximum Gasteiger partial charge on any atom is 0.397 e. The predicted molar refractivity (Wildman–Crippen MR) is 308 cm³/mol. The molecule has 0 radical (unpaired) electrons. The molecule has 6 saturated heterocycles. The van der Waals surface area contributed by atoms with E-state index >= 15 is 0 Å². The monoisotopic (exact) mass is 1380 g/mol. The Morgan fingerprint density at radius 1 is 0.656 bits per heavy atom. The number of carbonyl (C=O) groups is 2. The van der Waals surface area contributed by atoms with Gasteiger partial charge in [-0.25, -0.2) is 8.37 Å². The molecule has 34 heteroatoms. The van der Waals surface area contributed by atoms with E-state index in [9.17, 15) is 86.6 Å². The molecule has 6 aliphatic heterocycles. The number of fused-ring (bicyclic) bond motifs is 4. The molecule has 0 aromatic heterocycles. The van der Waals surface area contributed by atoms with Gasteiger partial charge in [0.05, 0.1) is 44.1 Å². The van der Waals surface area contributed by atoms with Gasteiger partial charge in [0.2, 0.25) is 0 Å². The second kappa shape index (κ2) is 27.7. The molecular weight excluding hydrogens is 1280 g/mol. The maximum absolute atomic E-state index is 14.5. The van der Waals surface area contributed by atoms with Crippen LogP contribution in [0, 0.1) is 45.3 Å². The van der Waals surface area contributed by atoms with Crippen molar-refractivity contribution >= 4 is 33.1 Å². The third-order valence-corrected chi connectivity index (χ3v) is 23.5. The predicted octanol–water partition coefficient (Wildman–Crippen LogP) is -2.01. The van der Waals surface area contributed by atoms with Crippen molar-refractivity contribution in [2.45, 2.75) is 266 Å². The Kier molecular flexibility index (Phi) is 21.9. The zero-order chi connectivity index (χ0) is 68.0. The van der Waals surface area contributed by atoms with Crippen LogP contribution in [0.1, 0.15) is 113 Å². The van der Waals surface area contributed by atoms with Crippen LogP contribution in [0.3, 0.4) is 0 Å². The number of ether oxygens (including phenoxy) is 12. The average Bonchev–Trinajstić information content (AvgIpc) is 1.55. The van der Waals surface area contributed by atoms with E-state index in [1.807, 2.05) is 6.92 Å². The van der Waals surface area contributed by atoms with Crippen LogP contribution >= 0.6 is 0 Å². The fourth-order valence-electron chi connectivity index (χ4n) is 17.7. The number of aliphatic hydroxyl groups excluding tert-OH is 10. The van der Waals surface area contributed by atoms with Gasteiger partial charge in [0.15, 0.2) is 31.5 Å². The maximum atomic E-state index is 14.5. The molecular formula is C59H94O32S2. The molecule has 0 bridgehead atoms. The van der Waals surface area contributed by atoms with Gasteiger partial charge in [0.1, 0.15) is 116 Å². The van der Waals surface area contributed by atoms with E-state index in [1.54, 1.807) is 0 Å². The van der Waals surface area contributed by atoms with E-state index in [2.05, 4.69) is 44.9 Å². The van der Waals surface area contributed by atoms with Gasteiger partial charge in [-0.1, -0.05) is 46.3 Å². The van der Waals surface area contributed by atoms with Gasteiger partial charge in [-0.2, -0.15) is 16.8 Å². The Morgan fingerprint density at radius 3 is 1.96 bits per heavy atom. The molecule has 9 fully saturated rings. The molecule has 93 heavy (non-hydrogen) atoms. The summed E-state index contributed by atoms with van der Waals surface area (Å²) in [5.41, 5.74) is -1.63. The van der Waals surface area contributed by atoms with Crippen molar-refractivity contribution in [1.29, 1.82) is 0 Å². The zero-order valence-electron chi connectivity index (χ0n) is 53.1. The standard InChI is InChI=1S/C59H94O32S2/c1-25(20-60)10-9-16-58(7)34-14-18-57(6)28-11-12-33-55(3,4)35(15-17-56(33,5)27(28)13-19-59(34,57)54(71)90-58)85-52-47(38(65)32(23-80-52)91-93(75,76)77)89-53-48(88-50-40(67)39(66)36(63)30(21-61)83-50)41(68)44(26(2)82-53)86-51-43(70)46(37(64)31(84-51)24-81-92(72,73)74)87-49-42(69)45(78-8)29(62)22-79-49/h11,20,25-27,29-53,61-70H,9-10,12-19,21-24H2,1-8H3,(H,72,73,74)(H,75,76,77)/t25?,26-,27+,29-,30-,31-,32-,33+,34-,35+,36-,37-,38+,39+,40-,41+,42-,43-,44-,45+,46+,47-,48-,49+,50+,51+,52+,53+,56-,57+,58+,59-/m1/s1. The third-order valence-electron chi connectivity index (χ3n) is 22.6. The lowest BCUT2D eigenvalue weighted by Crippen LogP contribution is -2.68. The fraction of sp³-hybridized carbons (Fsp3) is 0.932. The summed E-state index contributed by atoms with van der Waals surface area (Å²) in [6, 6.07) is 0. The highest BCUT2D eigenvalue weighted by molar-refractivity contribution is 7.81. The van der Waals surface area contributed by atoms with Crippen LogP contribution in [0.2, 0.25) is 0 Å². The van der Waals surface area contributed by atoms with E-state index < -0.39 is 216 Å². The van der Waals surface area contributed by atoms with E-state index in [0.717, 1.165) is 32.0 Å². The summed E-state index contributed by atoms with van der Waals surface area (Å²) in [6.45, 7) is 10.5. The van der Waals surface area contributed by atoms with Crippen molar-refractivity contribution in [2.24, 2.45) is 45.3 Å². The summed E-state index contributed by atoms with van der Waals surface area (Å²) in [5, 5.41) is 112. The Hall–Kier alpha value is -2.22. The second-order valence-electron chi connectivity index (χ2n) is 28.4. The number of hydrogen-bond acceptors (Lipinski definition) is 30. The SMILES string of the molecule is CO[C@@H]1[C@@H](O)[C@H](O[C@@H]2[C@@H](O)[C@H](O[C@H]3[C@H](O)[C@@H](O[C@@H]4O[C@H](CO)[C@@H](O)[C@H](O)[C@H]4O)[C@H](O[C@H]4[C@H](O[C@H]5CC[C@]6(C)[C@H]7CC[C@]89C(=O)O[C@@](C)(CCCC(C)C=O)[C@H]8CC[C@@]9(C)C7=CC[C@H]6C5(C)C)OC[C@@H](OS(=O)(=O)O)[C@@H]4O)O[C@@H]3C)O[C@H](COS(=O)(=O)O)[C@H]2O)OC[C@H]1O. The number of methoxy groups -OCH3 is 1. The van der Waals surface area contributed by atoms with Gasteiger partial charge in [-0.3, -0.25) is 13.9 Å². The normalized spacial score (nSPS) is 49.5. The van der Waals surface area contributed by atoms with E-state index in [-0.39, 0.29) is 35.1 Å². The first-order valence-corrected chi connectivity index (χ1v) is 34.6. The molecule has 10 aliphatic rings. The second-order valence-corrected chi connectivity index (χ2v) is 30.5. The minimum absolute atomic E-state index is 0.00291. The van der Waals surface area contributed by atoms with E-state index in [1.165, 1.54) is 19.6 Å². The number of hydrogen-bond donors (Lipinski definition) is 12. The largest absolute Gasteiger partial charge is 0.459 e. The molecule has 534 valence electrons. The van der Waals surface area contributed by atoms with Crippen LogP contribution in [-0.4, -0.2) is 276 Å². The molecule has 12 N–H and O–H groups in total. The molecule has 4 aliphatic carbocycles. The summed E-state index contributed by atoms with van der Waals surface area (Å²) in [7, 11) is -9.38. The number of esters is 1. The van der Waals surface area contributed by atoms with E-state index in [4.69, 9.17) is 61.0 Å². The van der Waals surface area contributed by atoms with Gasteiger partial charge in [-0.15, -0.1) is 0 Å². The molecule has 32 atom stereocenters. The van der Waals surface area contributed by atoms with Crippen LogP contribution in [-0.2, 0) is 95.6 Å². The lowest BCUT2D eigenvalue weighted by atomic mass is 9.41. The third kappa shape index (κ3) is 13.7. The van der Waals surface area contributed by atoms with E-state index in [0.29, 0.717) is 38.5 Å². The van der Waals surface area contributed by atoms with Gasteiger partial charge in [0.25, 0.3) is 0 Å². The molecule has 3 saturated carbocycles. The summed E-state index contributed by atoms with van der Waals surface area (Å²) in [6.07, 6.45) is -34.3. The van der Waals surface area contributed by atoms with Crippen LogP contribution in [0.4, 0.5) is 0 Å². The van der Waals surface area contributed by atoms with Crippen LogP contribution < -0.4 is 0 Å². The van der Waals surface area contributed by atoms with Crippen LogP contribution in [0.15, 0.2) is 11.6 Å². The van der Waals surface area contributed by atoms with Gasteiger partial charge < -0.3 is 113 Å². The minimum Gasteiger partial charge on any atom is -0.459 e. The first-order chi connectivity index (χ1) is 43.5. The Morgan fingerprint density at radius 2 is 1.29 bits per heavy atom. The lowest BCUT2D eigenvalue weighted by Gasteiger charge is -2.64. The average molecular weight is 1380 g/mol. The van der Waals surface area contributed by atoms with Crippen molar-refractivity contribution in [1.82, 2.24) is 0 Å². The summed E-state index contributed by atoms with van der Waals surface area (Å²) in [4.78, 5) is 26.0. The number of rotatable bonds is 22. The van der Waals surface area contributed by atoms with Crippen molar-refractivity contribution in [2.75, 3.05) is 33.5 Å². The van der Waals surface area contributed by atoms with Gasteiger partial charge in [-0.05, 0) is 101 Å². The number of allylic oxidation sites excluding steroid dienone is 2. The molecule has 0 aromatic carbocycles.